The number of hydrogen-bond acceptors (Lipinski definition) is 4. The van der Waals surface area contributed by atoms with Crippen LogP contribution < -0.4 is 10.6 Å². The van der Waals surface area contributed by atoms with E-state index in [1.165, 1.54) is 0 Å². The van der Waals surface area contributed by atoms with Crippen LogP contribution in [-0.2, 0) is 20.7 Å². The number of ketones is 1. The van der Waals surface area contributed by atoms with Crippen LogP contribution in [0.1, 0.15) is 35.2 Å². The molecule has 0 spiro atoms. The van der Waals surface area contributed by atoms with Crippen LogP contribution in [0.25, 0.3) is 10.8 Å². The highest BCUT2D eigenvalue weighted by molar-refractivity contribution is 6.42. The van der Waals surface area contributed by atoms with E-state index >= 15 is 0 Å². The van der Waals surface area contributed by atoms with E-state index in [2.05, 4.69) is 10.6 Å². The maximum Gasteiger partial charge on any atom is 0.252 e. The van der Waals surface area contributed by atoms with Crippen molar-refractivity contribution in [1.29, 1.82) is 0 Å². The van der Waals surface area contributed by atoms with Gasteiger partial charge in [-0.25, -0.2) is 0 Å². The van der Waals surface area contributed by atoms with E-state index in [0.29, 0.717) is 28.5 Å². The lowest BCUT2D eigenvalue weighted by atomic mass is 9.91. The summed E-state index contributed by atoms with van der Waals surface area (Å²) in [5, 5.41) is 8.32. The fourth-order valence-electron chi connectivity index (χ4n) is 5.11. The molecule has 180 valence electrons. The summed E-state index contributed by atoms with van der Waals surface area (Å²) in [5.41, 5.74) is 0.163. The van der Waals surface area contributed by atoms with Gasteiger partial charge in [0.25, 0.3) is 5.91 Å². The van der Waals surface area contributed by atoms with Gasteiger partial charge in [-0.2, -0.15) is 0 Å². The molecular formula is C27H24Cl2N2O4. The Kier molecular flexibility index (Phi) is 6.53. The monoisotopic (exact) mass is 510 g/mol. The van der Waals surface area contributed by atoms with Crippen molar-refractivity contribution in [2.24, 2.45) is 0 Å². The van der Waals surface area contributed by atoms with Crippen molar-refractivity contribution >= 4 is 51.6 Å². The lowest BCUT2D eigenvalue weighted by Crippen LogP contribution is -2.60. The van der Waals surface area contributed by atoms with E-state index in [1.807, 2.05) is 36.4 Å². The van der Waals surface area contributed by atoms with E-state index < -0.39 is 17.5 Å². The van der Waals surface area contributed by atoms with Gasteiger partial charge in [0.1, 0.15) is 18.2 Å². The van der Waals surface area contributed by atoms with Crippen LogP contribution in [-0.4, -0.2) is 41.9 Å². The molecule has 6 nitrogen and oxygen atoms in total. The molecule has 2 amide bonds. The maximum atomic E-state index is 13.6. The largest absolute Gasteiger partial charge is 0.367 e. The van der Waals surface area contributed by atoms with Gasteiger partial charge in [-0.05, 0) is 53.8 Å². The van der Waals surface area contributed by atoms with Crippen LogP contribution >= 0.6 is 23.2 Å². The number of ether oxygens (including phenoxy) is 1. The average Bonchev–Trinajstić information content (AvgIpc) is 3.39. The smallest absolute Gasteiger partial charge is 0.252 e. The van der Waals surface area contributed by atoms with Crippen molar-refractivity contribution in [3.63, 3.8) is 0 Å². The van der Waals surface area contributed by atoms with Crippen LogP contribution in [0.2, 0.25) is 10.0 Å². The molecule has 1 aliphatic heterocycles. The topological polar surface area (TPSA) is 84.5 Å². The van der Waals surface area contributed by atoms with Crippen molar-refractivity contribution in [3.8, 4) is 0 Å². The number of benzene rings is 3. The predicted molar refractivity (Wildman–Crippen MR) is 135 cm³/mol. The Hall–Kier alpha value is -2.93. The Morgan fingerprint density at radius 2 is 1.86 bits per heavy atom. The minimum Gasteiger partial charge on any atom is -0.367 e. The molecule has 1 saturated heterocycles. The molecule has 3 aromatic carbocycles. The van der Waals surface area contributed by atoms with Gasteiger partial charge in [0.2, 0.25) is 5.91 Å². The van der Waals surface area contributed by atoms with Crippen LogP contribution in [0.5, 0.6) is 0 Å². The Morgan fingerprint density at radius 3 is 2.69 bits per heavy atom. The molecule has 2 fully saturated rings. The van der Waals surface area contributed by atoms with Gasteiger partial charge in [0.15, 0.2) is 5.78 Å². The summed E-state index contributed by atoms with van der Waals surface area (Å²) in [7, 11) is 0. The van der Waals surface area contributed by atoms with E-state index in [4.69, 9.17) is 27.9 Å². The summed E-state index contributed by atoms with van der Waals surface area (Å²) in [6, 6.07) is 17.2. The predicted octanol–water partition coefficient (Wildman–Crippen LogP) is 4.49. The highest BCUT2D eigenvalue weighted by Crippen LogP contribution is 2.38. The van der Waals surface area contributed by atoms with Crippen LogP contribution in [0.3, 0.4) is 0 Å². The second-order valence-corrected chi connectivity index (χ2v) is 9.90. The zero-order chi connectivity index (χ0) is 24.6. The fraction of sp³-hybridized carbons (Fsp3) is 0.296. The summed E-state index contributed by atoms with van der Waals surface area (Å²) in [6.07, 6.45) is 1.87. The molecule has 1 saturated carbocycles. The Morgan fingerprint density at radius 1 is 1.06 bits per heavy atom. The van der Waals surface area contributed by atoms with Gasteiger partial charge in [0, 0.05) is 12.0 Å². The summed E-state index contributed by atoms with van der Waals surface area (Å²) in [4.78, 5) is 39.7. The molecular weight excluding hydrogens is 487 g/mol. The van der Waals surface area contributed by atoms with E-state index in [1.54, 1.807) is 24.3 Å². The van der Waals surface area contributed by atoms with E-state index in [-0.39, 0.29) is 30.8 Å². The third kappa shape index (κ3) is 4.54. The van der Waals surface area contributed by atoms with E-state index in [9.17, 15) is 14.4 Å². The molecule has 5 rings (SSSR count). The standard InChI is InChI=1S/C27H24Cl2N2O4/c28-20-11-10-16(13-21(20)29)14-22(26(34)31-27-12-4-9-24(27)35-15-23(27)32)30-25(33)19-8-3-6-17-5-1-2-7-18(17)19/h1-3,5-8,10-11,13,22,24H,4,9,12,14-15H2,(H,30,33)(H,31,34). The minimum atomic E-state index is -1.03. The van der Waals surface area contributed by atoms with Gasteiger partial charge >= 0.3 is 0 Å². The average molecular weight is 511 g/mol. The van der Waals surface area contributed by atoms with Crippen molar-refractivity contribution in [1.82, 2.24) is 10.6 Å². The number of Topliss-reactive ketones (excluding diaryl/α,β-unsaturated/α-hetero) is 1. The number of halogens is 2. The zero-order valence-electron chi connectivity index (χ0n) is 18.9. The molecule has 2 aliphatic rings. The van der Waals surface area contributed by atoms with Crippen LogP contribution in [0, 0.1) is 0 Å². The summed E-state index contributed by atoms with van der Waals surface area (Å²) in [5.74, 6) is -0.936. The first-order valence-electron chi connectivity index (χ1n) is 11.6. The van der Waals surface area contributed by atoms with Gasteiger partial charge < -0.3 is 15.4 Å². The van der Waals surface area contributed by atoms with Gasteiger partial charge in [-0.1, -0.05) is 65.7 Å². The van der Waals surface area contributed by atoms with E-state index in [0.717, 1.165) is 22.8 Å². The maximum absolute atomic E-state index is 13.6. The normalized spacial score (nSPS) is 22.1. The number of hydrogen-bond donors (Lipinski definition) is 2. The fourth-order valence-corrected chi connectivity index (χ4v) is 5.43. The van der Waals surface area contributed by atoms with Gasteiger partial charge in [-0.3, -0.25) is 14.4 Å². The lowest BCUT2D eigenvalue weighted by molar-refractivity contribution is -0.131. The molecule has 0 radical (unpaired) electrons. The quantitative estimate of drug-likeness (QED) is 0.511. The highest BCUT2D eigenvalue weighted by Gasteiger charge is 2.55. The molecule has 0 bridgehead atoms. The molecule has 0 aromatic heterocycles. The van der Waals surface area contributed by atoms with Crippen molar-refractivity contribution < 1.29 is 19.1 Å². The van der Waals surface area contributed by atoms with Crippen molar-refractivity contribution in [2.45, 2.75) is 43.4 Å². The number of carbonyl (C=O) groups is 3. The SMILES string of the molecule is O=C(NC(Cc1ccc(Cl)c(Cl)c1)C(=O)NC12CCCC1OCC2=O)c1cccc2ccccc12. The molecule has 1 heterocycles. The summed E-state index contributed by atoms with van der Waals surface area (Å²) < 4.78 is 5.64. The highest BCUT2D eigenvalue weighted by atomic mass is 35.5. The third-order valence-corrected chi connectivity index (χ3v) is 7.67. The molecule has 2 N–H and O–H groups in total. The van der Waals surface area contributed by atoms with Gasteiger partial charge in [0.05, 0.1) is 16.1 Å². The first kappa shape index (κ1) is 23.8. The number of rotatable bonds is 6. The second kappa shape index (κ2) is 9.61. The number of amides is 2. The molecule has 3 unspecified atom stereocenters. The van der Waals surface area contributed by atoms with Crippen molar-refractivity contribution in [2.75, 3.05) is 6.61 Å². The van der Waals surface area contributed by atoms with Gasteiger partial charge in [-0.15, -0.1) is 0 Å². The Balaban J connectivity index is 1.44. The third-order valence-electron chi connectivity index (χ3n) is 6.93. The second-order valence-electron chi connectivity index (χ2n) is 9.08. The molecule has 1 aliphatic carbocycles. The first-order valence-corrected chi connectivity index (χ1v) is 12.3. The first-order chi connectivity index (χ1) is 16.9. The molecule has 35 heavy (non-hydrogen) atoms. The number of nitrogens with one attached hydrogen (secondary N) is 2. The molecule has 8 heteroatoms. The molecule has 3 atom stereocenters. The van der Waals surface area contributed by atoms with Crippen LogP contribution in [0.4, 0.5) is 0 Å². The lowest BCUT2D eigenvalue weighted by Gasteiger charge is -2.30. The number of carbonyl (C=O) groups excluding carboxylic acids is 3. The summed E-state index contributed by atoms with van der Waals surface area (Å²) in [6.45, 7) is -0.00916. The van der Waals surface area contributed by atoms with Crippen molar-refractivity contribution in [3.05, 3.63) is 81.8 Å². The van der Waals surface area contributed by atoms with Crippen LogP contribution in [0.15, 0.2) is 60.7 Å². The minimum absolute atomic E-state index is 0.00916. The Bertz CT molecular complexity index is 1320. The number of fused-ring (bicyclic) bond motifs is 2. The Labute approximate surface area is 212 Å². The summed E-state index contributed by atoms with van der Waals surface area (Å²) >= 11 is 12.2. The zero-order valence-corrected chi connectivity index (χ0v) is 20.4. The molecule has 3 aromatic rings.